The molecular weight excluding hydrogens is 226 g/mol. The minimum Gasteiger partial charge on any atom is -0.380 e. The molecule has 0 unspecified atom stereocenters. The smallest absolute Gasteiger partial charge is 0.226 e. The molecule has 0 aromatic heterocycles. The van der Waals surface area contributed by atoms with E-state index in [0.717, 1.165) is 38.3 Å². The molecule has 0 bridgehead atoms. The molecule has 1 aliphatic carbocycles. The summed E-state index contributed by atoms with van der Waals surface area (Å²) in [6.07, 6.45) is 6.94. The SMILES string of the molecule is CCC1CCC(C(=O)N2CCOCC[C@H]2C)CC1. The zero-order chi connectivity index (χ0) is 13.0. The molecule has 2 fully saturated rings. The molecule has 0 aromatic rings. The van der Waals surface area contributed by atoms with Crippen LogP contribution in [-0.4, -0.2) is 36.6 Å². The van der Waals surface area contributed by atoms with Gasteiger partial charge in [-0.25, -0.2) is 0 Å². The minimum absolute atomic E-state index is 0.286. The van der Waals surface area contributed by atoms with Crippen molar-refractivity contribution in [1.29, 1.82) is 0 Å². The molecule has 2 aliphatic rings. The zero-order valence-electron chi connectivity index (χ0n) is 11.9. The van der Waals surface area contributed by atoms with E-state index < -0.39 is 0 Å². The molecule has 0 radical (unpaired) electrons. The quantitative estimate of drug-likeness (QED) is 0.757. The second-order valence-corrected chi connectivity index (χ2v) is 5.91. The first-order valence-electron chi connectivity index (χ1n) is 7.60. The van der Waals surface area contributed by atoms with E-state index in [2.05, 4.69) is 18.7 Å². The molecule has 0 aromatic carbocycles. The van der Waals surface area contributed by atoms with Crippen molar-refractivity contribution < 1.29 is 9.53 Å². The predicted octanol–water partition coefficient (Wildman–Crippen LogP) is 2.84. The predicted molar refractivity (Wildman–Crippen MR) is 72.4 cm³/mol. The van der Waals surface area contributed by atoms with Crippen LogP contribution in [0.15, 0.2) is 0 Å². The molecule has 1 saturated heterocycles. The Morgan fingerprint density at radius 3 is 2.56 bits per heavy atom. The number of carbonyl (C=O) groups is 1. The Morgan fingerprint density at radius 1 is 1.17 bits per heavy atom. The molecular formula is C15H27NO2. The van der Waals surface area contributed by atoms with Crippen molar-refractivity contribution in [2.45, 2.75) is 58.4 Å². The summed E-state index contributed by atoms with van der Waals surface area (Å²) in [5.74, 6) is 1.54. The molecule has 104 valence electrons. The van der Waals surface area contributed by atoms with E-state index in [9.17, 15) is 4.79 Å². The molecule has 2 rings (SSSR count). The highest BCUT2D eigenvalue weighted by Gasteiger charge is 2.31. The maximum Gasteiger partial charge on any atom is 0.226 e. The Morgan fingerprint density at radius 2 is 1.89 bits per heavy atom. The number of nitrogens with zero attached hydrogens (tertiary/aromatic N) is 1. The van der Waals surface area contributed by atoms with Crippen LogP contribution < -0.4 is 0 Å². The van der Waals surface area contributed by atoms with Crippen molar-refractivity contribution in [3.05, 3.63) is 0 Å². The van der Waals surface area contributed by atoms with Crippen molar-refractivity contribution in [2.75, 3.05) is 19.8 Å². The average Bonchev–Trinajstić information content (AvgIpc) is 2.63. The van der Waals surface area contributed by atoms with E-state index in [4.69, 9.17) is 4.74 Å². The van der Waals surface area contributed by atoms with Gasteiger partial charge in [0.1, 0.15) is 0 Å². The summed E-state index contributed by atoms with van der Waals surface area (Å²) in [6, 6.07) is 0.351. The molecule has 1 amide bonds. The van der Waals surface area contributed by atoms with E-state index in [1.807, 2.05) is 0 Å². The number of ether oxygens (including phenoxy) is 1. The molecule has 1 aliphatic heterocycles. The van der Waals surface area contributed by atoms with E-state index in [0.29, 0.717) is 18.6 Å². The van der Waals surface area contributed by atoms with Crippen molar-refractivity contribution in [3.63, 3.8) is 0 Å². The largest absolute Gasteiger partial charge is 0.380 e. The second kappa shape index (κ2) is 6.55. The van der Waals surface area contributed by atoms with Gasteiger partial charge in [0.2, 0.25) is 5.91 Å². The molecule has 0 spiro atoms. The molecule has 3 heteroatoms. The topological polar surface area (TPSA) is 29.5 Å². The Hall–Kier alpha value is -0.570. The summed E-state index contributed by atoms with van der Waals surface area (Å²) in [6.45, 7) is 6.72. The Kier molecular flexibility index (Phi) is 5.04. The number of hydrogen-bond donors (Lipinski definition) is 0. The van der Waals surface area contributed by atoms with E-state index in [1.54, 1.807) is 0 Å². The Labute approximate surface area is 111 Å². The van der Waals surface area contributed by atoms with Gasteiger partial charge in [-0.15, -0.1) is 0 Å². The van der Waals surface area contributed by atoms with Gasteiger partial charge in [-0.3, -0.25) is 4.79 Å². The molecule has 1 atom stereocenters. The minimum atomic E-state index is 0.286. The molecule has 3 nitrogen and oxygen atoms in total. The average molecular weight is 253 g/mol. The monoisotopic (exact) mass is 253 g/mol. The molecule has 1 saturated carbocycles. The summed E-state index contributed by atoms with van der Waals surface area (Å²) in [5, 5.41) is 0. The zero-order valence-corrected chi connectivity index (χ0v) is 11.9. The fourth-order valence-corrected chi connectivity index (χ4v) is 3.27. The first kappa shape index (κ1) is 13.9. The molecule has 1 heterocycles. The van der Waals surface area contributed by atoms with Crippen molar-refractivity contribution in [2.24, 2.45) is 11.8 Å². The summed E-state index contributed by atoms with van der Waals surface area (Å²) >= 11 is 0. The lowest BCUT2D eigenvalue weighted by atomic mass is 9.80. The highest BCUT2D eigenvalue weighted by atomic mass is 16.5. The maximum absolute atomic E-state index is 12.6. The summed E-state index contributed by atoms with van der Waals surface area (Å²) < 4.78 is 5.47. The lowest BCUT2D eigenvalue weighted by molar-refractivity contribution is -0.138. The van der Waals surface area contributed by atoms with Gasteiger partial charge in [-0.1, -0.05) is 13.3 Å². The van der Waals surface area contributed by atoms with Crippen LogP contribution in [0, 0.1) is 11.8 Å². The summed E-state index contributed by atoms with van der Waals surface area (Å²) in [7, 11) is 0. The van der Waals surface area contributed by atoms with Crippen LogP contribution in [0.1, 0.15) is 52.4 Å². The third kappa shape index (κ3) is 3.25. The van der Waals surface area contributed by atoms with E-state index in [1.165, 1.54) is 19.3 Å². The normalized spacial score (nSPS) is 34.1. The van der Waals surface area contributed by atoms with Crippen LogP contribution in [-0.2, 0) is 9.53 Å². The third-order valence-corrected chi connectivity index (χ3v) is 4.74. The highest BCUT2D eigenvalue weighted by molar-refractivity contribution is 5.79. The van der Waals surface area contributed by atoms with E-state index >= 15 is 0 Å². The fraction of sp³-hybridized carbons (Fsp3) is 0.933. The number of carbonyl (C=O) groups excluding carboxylic acids is 1. The fourth-order valence-electron chi connectivity index (χ4n) is 3.27. The van der Waals surface area contributed by atoms with Gasteiger partial charge in [0.05, 0.1) is 6.61 Å². The van der Waals surface area contributed by atoms with Crippen molar-refractivity contribution >= 4 is 5.91 Å². The van der Waals surface area contributed by atoms with Crippen LogP contribution in [0.5, 0.6) is 0 Å². The first-order chi connectivity index (χ1) is 8.72. The van der Waals surface area contributed by atoms with Gasteiger partial charge in [0.15, 0.2) is 0 Å². The van der Waals surface area contributed by atoms with Crippen LogP contribution in [0.3, 0.4) is 0 Å². The van der Waals surface area contributed by atoms with Gasteiger partial charge >= 0.3 is 0 Å². The van der Waals surface area contributed by atoms with Crippen LogP contribution >= 0.6 is 0 Å². The highest BCUT2D eigenvalue weighted by Crippen LogP contribution is 2.32. The first-order valence-corrected chi connectivity index (χ1v) is 7.60. The maximum atomic E-state index is 12.6. The molecule has 18 heavy (non-hydrogen) atoms. The van der Waals surface area contributed by atoms with Crippen LogP contribution in [0.2, 0.25) is 0 Å². The lowest BCUT2D eigenvalue weighted by Gasteiger charge is -2.34. The number of amides is 1. The van der Waals surface area contributed by atoms with Gasteiger partial charge in [0, 0.05) is 25.1 Å². The Bertz CT molecular complexity index is 272. The molecule has 0 N–H and O–H groups in total. The van der Waals surface area contributed by atoms with Gasteiger partial charge in [-0.05, 0) is 44.9 Å². The van der Waals surface area contributed by atoms with Gasteiger partial charge in [-0.2, -0.15) is 0 Å². The van der Waals surface area contributed by atoms with Gasteiger partial charge < -0.3 is 9.64 Å². The van der Waals surface area contributed by atoms with Crippen molar-refractivity contribution in [1.82, 2.24) is 4.90 Å². The number of hydrogen-bond acceptors (Lipinski definition) is 2. The van der Waals surface area contributed by atoms with Crippen LogP contribution in [0.25, 0.3) is 0 Å². The lowest BCUT2D eigenvalue weighted by Crippen LogP contribution is -2.43. The summed E-state index contributed by atoms with van der Waals surface area (Å²) in [5.41, 5.74) is 0. The summed E-state index contributed by atoms with van der Waals surface area (Å²) in [4.78, 5) is 14.7. The Balaban J connectivity index is 1.90. The van der Waals surface area contributed by atoms with E-state index in [-0.39, 0.29) is 5.92 Å². The third-order valence-electron chi connectivity index (χ3n) is 4.74. The van der Waals surface area contributed by atoms with Gasteiger partial charge in [0.25, 0.3) is 0 Å². The van der Waals surface area contributed by atoms with Crippen molar-refractivity contribution in [3.8, 4) is 0 Å². The second-order valence-electron chi connectivity index (χ2n) is 5.91. The number of rotatable bonds is 2. The standard InChI is InChI=1S/C15H27NO2/c1-3-13-4-6-14(7-5-13)15(17)16-9-11-18-10-8-12(16)2/h12-14H,3-11H2,1-2H3/t12-,13?,14?/m1/s1. The van der Waals surface area contributed by atoms with Crippen LogP contribution in [0.4, 0.5) is 0 Å².